The van der Waals surface area contributed by atoms with E-state index in [4.69, 9.17) is 5.41 Å². The lowest BCUT2D eigenvalue weighted by atomic mass is 9.89. The Labute approximate surface area is 182 Å². The normalized spacial score (nSPS) is 21.9. The number of piperidine rings is 1. The number of likely N-dealkylation sites (tertiary alicyclic amines) is 1. The summed E-state index contributed by atoms with van der Waals surface area (Å²) in [4.78, 5) is 19.4. The lowest BCUT2D eigenvalue weighted by Gasteiger charge is -2.43. The van der Waals surface area contributed by atoms with Crippen LogP contribution < -0.4 is 10.6 Å². The van der Waals surface area contributed by atoms with Gasteiger partial charge >= 0.3 is 6.03 Å². The Morgan fingerprint density at radius 2 is 2.06 bits per heavy atom. The van der Waals surface area contributed by atoms with Crippen molar-refractivity contribution in [2.24, 2.45) is 5.92 Å². The molecule has 31 heavy (non-hydrogen) atoms. The number of rotatable bonds is 6. The average molecular weight is 426 g/mol. The van der Waals surface area contributed by atoms with E-state index in [1.807, 2.05) is 6.07 Å². The highest BCUT2D eigenvalue weighted by molar-refractivity contribution is 5.94. The van der Waals surface area contributed by atoms with Crippen LogP contribution in [0.2, 0.25) is 0 Å². The largest absolute Gasteiger partial charge is 0.388 e. The third kappa shape index (κ3) is 4.41. The van der Waals surface area contributed by atoms with Gasteiger partial charge in [-0.25, -0.2) is 4.79 Å². The van der Waals surface area contributed by atoms with E-state index in [-0.39, 0.29) is 11.6 Å². The molecule has 0 bridgehead atoms. The fourth-order valence-electron chi connectivity index (χ4n) is 4.12. The molecule has 9 heteroatoms. The average Bonchev–Trinajstić information content (AvgIpc) is 3.37. The number of carbonyl (C=O) groups is 1. The summed E-state index contributed by atoms with van der Waals surface area (Å²) >= 11 is 0. The highest BCUT2D eigenvalue weighted by Crippen LogP contribution is 2.50. The van der Waals surface area contributed by atoms with Crippen molar-refractivity contribution in [1.82, 2.24) is 20.1 Å². The van der Waals surface area contributed by atoms with Crippen LogP contribution in [0.4, 0.5) is 16.2 Å². The number of β-amino-alcohol motifs (C(OH)–C–C–N with tert-alkyl or cyclic N) is 1. The molecule has 4 rings (SSSR count). The van der Waals surface area contributed by atoms with Crippen molar-refractivity contribution < 1.29 is 9.90 Å². The molecule has 1 unspecified atom stereocenters. The molecule has 1 aliphatic heterocycles. The minimum Gasteiger partial charge on any atom is -0.388 e. The van der Waals surface area contributed by atoms with Gasteiger partial charge in [-0.2, -0.15) is 5.10 Å². The Bertz CT molecular complexity index is 978. The molecule has 1 spiro atoms. The number of aromatic amines is 1. The minimum atomic E-state index is -0.870. The third-order valence-corrected chi connectivity index (χ3v) is 6.20. The smallest absolute Gasteiger partial charge is 0.322 e. The van der Waals surface area contributed by atoms with E-state index in [9.17, 15) is 9.90 Å². The Hall–Kier alpha value is -2.94. The van der Waals surface area contributed by atoms with Crippen LogP contribution in [0.25, 0.3) is 11.4 Å². The SMILES string of the molecule is CC(C)CNc1cc(-c2[nH]ncc2NC(=O)N2CC(C)(O)CCC23CC3)ncc1C=N. The predicted octanol–water partition coefficient (Wildman–Crippen LogP) is 3.45. The van der Waals surface area contributed by atoms with Crippen LogP contribution in [0.15, 0.2) is 18.5 Å². The number of H-pyrrole nitrogens is 1. The van der Waals surface area contributed by atoms with Gasteiger partial charge in [0.15, 0.2) is 0 Å². The van der Waals surface area contributed by atoms with Crippen LogP contribution in [0.3, 0.4) is 0 Å². The van der Waals surface area contributed by atoms with Crippen molar-refractivity contribution in [2.75, 3.05) is 23.7 Å². The number of hydrogen-bond donors (Lipinski definition) is 5. The zero-order valence-corrected chi connectivity index (χ0v) is 18.3. The molecule has 2 fully saturated rings. The van der Waals surface area contributed by atoms with Gasteiger partial charge in [0.05, 0.1) is 29.7 Å². The van der Waals surface area contributed by atoms with E-state index >= 15 is 0 Å². The molecule has 2 aromatic heterocycles. The fourth-order valence-corrected chi connectivity index (χ4v) is 4.12. The van der Waals surface area contributed by atoms with Gasteiger partial charge in [-0.15, -0.1) is 0 Å². The van der Waals surface area contributed by atoms with Crippen LogP contribution in [0, 0.1) is 11.3 Å². The van der Waals surface area contributed by atoms with E-state index in [1.54, 1.807) is 24.2 Å². The predicted molar refractivity (Wildman–Crippen MR) is 121 cm³/mol. The number of anilines is 2. The van der Waals surface area contributed by atoms with Crippen molar-refractivity contribution in [3.8, 4) is 11.4 Å². The summed E-state index contributed by atoms with van der Waals surface area (Å²) in [6.45, 7) is 7.11. The number of pyridine rings is 1. The molecule has 1 saturated heterocycles. The van der Waals surface area contributed by atoms with Crippen LogP contribution in [0.1, 0.15) is 52.0 Å². The number of nitrogens with one attached hydrogen (secondary N) is 4. The molecule has 1 atom stereocenters. The molecule has 9 nitrogen and oxygen atoms in total. The number of hydrogen-bond acceptors (Lipinski definition) is 6. The quantitative estimate of drug-likeness (QED) is 0.453. The fraction of sp³-hybridized carbons (Fsp3) is 0.545. The second kappa shape index (κ2) is 7.96. The molecule has 2 amide bonds. The lowest BCUT2D eigenvalue weighted by Crippen LogP contribution is -2.56. The van der Waals surface area contributed by atoms with Gasteiger partial charge in [-0.05, 0) is 44.6 Å². The van der Waals surface area contributed by atoms with Gasteiger partial charge < -0.3 is 26.0 Å². The van der Waals surface area contributed by atoms with E-state index in [0.717, 1.165) is 31.5 Å². The first kappa shape index (κ1) is 21.3. The Morgan fingerprint density at radius 3 is 2.74 bits per heavy atom. The lowest BCUT2D eigenvalue weighted by molar-refractivity contribution is -0.0266. The molecule has 2 aromatic rings. The van der Waals surface area contributed by atoms with Crippen LogP contribution in [0.5, 0.6) is 0 Å². The maximum atomic E-state index is 13.1. The summed E-state index contributed by atoms with van der Waals surface area (Å²) in [7, 11) is 0. The van der Waals surface area contributed by atoms with Crippen molar-refractivity contribution in [3.05, 3.63) is 24.0 Å². The molecule has 5 N–H and O–H groups in total. The van der Waals surface area contributed by atoms with Crippen molar-refractivity contribution in [3.63, 3.8) is 0 Å². The van der Waals surface area contributed by atoms with Crippen molar-refractivity contribution >= 4 is 23.6 Å². The highest BCUT2D eigenvalue weighted by Gasteiger charge is 2.55. The van der Waals surface area contributed by atoms with E-state index in [1.165, 1.54) is 6.21 Å². The second-order valence-corrected chi connectivity index (χ2v) is 9.47. The van der Waals surface area contributed by atoms with E-state index < -0.39 is 5.60 Å². The number of nitrogens with zero attached hydrogens (tertiary/aromatic N) is 3. The number of urea groups is 1. The zero-order chi connectivity index (χ0) is 22.2. The van der Waals surface area contributed by atoms with Gasteiger partial charge in [-0.1, -0.05) is 13.8 Å². The van der Waals surface area contributed by atoms with Gasteiger partial charge in [-0.3, -0.25) is 10.1 Å². The Morgan fingerprint density at radius 1 is 1.32 bits per heavy atom. The Balaban J connectivity index is 1.56. The maximum absolute atomic E-state index is 13.1. The summed E-state index contributed by atoms with van der Waals surface area (Å²) in [6.07, 6.45) is 7.97. The minimum absolute atomic E-state index is 0.117. The molecular weight excluding hydrogens is 394 g/mol. The molecule has 1 saturated carbocycles. The van der Waals surface area contributed by atoms with Crippen LogP contribution >= 0.6 is 0 Å². The zero-order valence-electron chi connectivity index (χ0n) is 18.3. The maximum Gasteiger partial charge on any atom is 0.322 e. The number of carbonyl (C=O) groups excluding carboxylic acids is 1. The molecule has 1 aliphatic carbocycles. The summed E-state index contributed by atoms with van der Waals surface area (Å²) < 4.78 is 0. The van der Waals surface area contributed by atoms with Gasteiger partial charge in [0.25, 0.3) is 0 Å². The number of aromatic nitrogens is 3. The van der Waals surface area contributed by atoms with E-state index in [2.05, 4.69) is 39.7 Å². The second-order valence-electron chi connectivity index (χ2n) is 9.47. The van der Waals surface area contributed by atoms with E-state index in [0.29, 0.717) is 41.5 Å². The van der Waals surface area contributed by atoms with Gasteiger partial charge in [0, 0.05) is 35.7 Å². The molecule has 0 aromatic carbocycles. The number of amides is 2. The Kier molecular flexibility index (Phi) is 5.47. The number of aliphatic hydroxyl groups is 1. The topological polar surface area (TPSA) is 130 Å². The van der Waals surface area contributed by atoms with Crippen molar-refractivity contribution in [1.29, 1.82) is 5.41 Å². The molecular formula is C22H31N7O2. The standard InChI is InChI=1S/C22H31N7O2/c1-14(2)10-24-16-8-17(25-11-15(16)9-23)19-18(12-26-28-19)27-20(30)29-13-21(3,31)4-5-22(29)6-7-22/h8-9,11-12,14,23,31H,4-7,10,13H2,1-3H3,(H,24,25)(H,26,28)(H,27,30). The third-order valence-electron chi connectivity index (χ3n) is 6.20. The monoisotopic (exact) mass is 425 g/mol. The first-order valence-electron chi connectivity index (χ1n) is 10.8. The molecule has 0 radical (unpaired) electrons. The molecule has 2 aliphatic rings. The summed E-state index contributed by atoms with van der Waals surface area (Å²) in [5.74, 6) is 0.453. The van der Waals surface area contributed by atoms with Gasteiger partial charge in [0.1, 0.15) is 5.69 Å². The summed E-state index contributed by atoms with van der Waals surface area (Å²) in [5, 5.41) is 31.5. The van der Waals surface area contributed by atoms with Crippen LogP contribution in [-0.4, -0.2) is 61.7 Å². The van der Waals surface area contributed by atoms with Crippen molar-refractivity contribution in [2.45, 2.75) is 57.6 Å². The molecule has 166 valence electrons. The van der Waals surface area contributed by atoms with Gasteiger partial charge in [0.2, 0.25) is 0 Å². The summed E-state index contributed by atoms with van der Waals surface area (Å²) in [5.41, 5.74) is 2.28. The highest BCUT2D eigenvalue weighted by atomic mass is 16.3. The first-order valence-corrected chi connectivity index (χ1v) is 10.8. The molecule has 3 heterocycles. The summed E-state index contributed by atoms with van der Waals surface area (Å²) in [6, 6.07) is 1.63. The van der Waals surface area contributed by atoms with Crippen LogP contribution in [-0.2, 0) is 0 Å². The first-order chi connectivity index (χ1) is 14.7.